The van der Waals surface area contributed by atoms with Crippen molar-refractivity contribution < 1.29 is 14.8 Å². The van der Waals surface area contributed by atoms with E-state index in [-0.39, 0.29) is 5.91 Å². The molecule has 1 aliphatic rings. The van der Waals surface area contributed by atoms with E-state index in [4.69, 9.17) is 0 Å². The minimum Gasteiger partial charge on any atom is -0.437 e. The standard InChI is InChI=1S/C13H21B2N3O3/c1-14(20)17-8-9-18(15(2)21)12(10-17)13(19)16-11-6-4-3-5-7-11/h3-7,12,20-21H,8-10H2,1-2H3,(H,16,19)/t12-/m1/s1. The van der Waals surface area contributed by atoms with Gasteiger partial charge in [-0.05, 0) is 25.8 Å². The van der Waals surface area contributed by atoms with E-state index in [1.54, 1.807) is 18.5 Å². The number of amides is 1. The summed E-state index contributed by atoms with van der Waals surface area (Å²) < 4.78 is 0. The van der Waals surface area contributed by atoms with Crippen LogP contribution < -0.4 is 5.32 Å². The molecule has 0 spiro atoms. The topological polar surface area (TPSA) is 76.0 Å². The van der Waals surface area contributed by atoms with Crippen molar-refractivity contribution in [3.63, 3.8) is 0 Å². The first-order chi connectivity index (χ1) is 9.99. The molecule has 1 aromatic carbocycles. The maximum absolute atomic E-state index is 12.5. The minimum atomic E-state index is -0.701. The van der Waals surface area contributed by atoms with Gasteiger partial charge < -0.3 is 25.0 Å². The molecule has 21 heavy (non-hydrogen) atoms. The SMILES string of the molecule is CB(O)N1CCN(B(C)O)[C@@H](C(=O)Nc2ccccc2)C1. The van der Waals surface area contributed by atoms with Gasteiger partial charge in [-0.1, -0.05) is 18.2 Å². The summed E-state index contributed by atoms with van der Waals surface area (Å²) in [5, 5.41) is 22.4. The fraction of sp³-hybridized carbons (Fsp3) is 0.462. The van der Waals surface area contributed by atoms with Crippen molar-refractivity contribution in [2.24, 2.45) is 0 Å². The average molecular weight is 289 g/mol. The molecule has 1 saturated heterocycles. The second-order valence-electron chi connectivity index (χ2n) is 5.37. The Balaban J connectivity index is 2.09. The van der Waals surface area contributed by atoms with Gasteiger partial charge >= 0.3 is 14.1 Å². The van der Waals surface area contributed by atoms with Crippen LogP contribution in [0.4, 0.5) is 5.69 Å². The van der Waals surface area contributed by atoms with Crippen molar-refractivity contribution in [1.82, 2.24) is 9.62 Å². The summed E-state index contributed by atoms with van der Waals surface area (Å²) in [5.74, 6) is -0.174. The van der Waals surface area contributed by atoms with Crippen molar-refractivity contribution in [3.05, 3.63) is 30.3 Å². The molecule has 0 aromatic heterocycles. The van der Waals surface area contributed by atoms with Gasteiger partial charge in [0, 0.05) is 25.3 Å². The summed E-state index contributed by atoms with van der Waals surface area (Å²) in [4.78, 5) is 16.1. The van der Waals surface area contributed by atoms with Crippen LogP contribution in [0.3, 0.4) is 0 Å². The number of carbonyl (C=O) groups excluding carboxylic acids is 1. The fourth-order valence-electron chi connectivity index (χ4n) is 2.59. The van der Waals surface area contributed by atoms with Gasteiger partial charge in [-0.2, -0.15) is 0 Å². The molecule has 0 bridgehead atoms. The van der Waals surface area contributed by atoms with E-state index in [0.717, 1.165) is 5.69 Å². The molecule has 112 valence electrons. The predicted molar refractivity (Wildman–Crippen MR) is 84.8 cm³/mol. The first-order valence-corrected chi connectivity index (χ1v) is 7.21. The monoisotopic (exact) mass is 289 g/mol. The fourth-order valence-corrected chi connectivity index (χ4v) is 2.59. The van der Waals surface area contributed by atoms with E-state index in [0.29, 0.717) is 19.6 Å². The average Bonchev–Trinajstić information content (AvgIpc) is 2.47. The van der Waals surface area contributed by atoms with Crippen LogP contribution in [0.2, 0.25) is 13.6 Å². The lowest BCUT2D eigenvalue weighted by Gasteiger charge is -2.41. The molecule has 8 heteroatoms. The quantitative estimate of drug-likeness (QED) is 0.671. The number of hydrogen-bond acceptors (Lipinski definition) is 5. The van der Waals surface area contributed by atoms with Gasteiger partial charge in [-0.25, -0.2) is 0 Å². The van der Waals surface area contributed by atoms with E-state index in [1.807, 2.05) is 35.1 Å². The number of hydrogen-bond donors (Lipinski definition) is 3. The molecule has 1 fully saturated rings. The van der Waals surface area contributed by atoms with Crippen LogP contribution in [0.1, 0.15) is 0 Å². The van der Waals surface area contributed by atoms with Crippen molar-refractivity contribution >= 4 is 25.7 Å². The summed E-state index contributed by atoms with van der Waals surface area (Å²) in [6.07, 6.45) is 0. The maximum Gasteiger partial charge on any atom is 0.377 e. The number of rotatable bonds is 4. The second kappa shape index (κ2) is 7.08. The van der Waals surface area contributed by atoms with Crippen LogP contribution in [0.5, 0.6) is 0 Å². The van der Waals surface area contributed by atoms with Crippen LogP contribution in [0, 0.1) is 0 Å². The van der Waals surface area contributed by atoms with E-state index in [2.05, 4.69) is 5.32 Å². The summed E-state index contributed by atoms with van der Waals surface area (Å²) >= 11 is 0. The zero-order chi connectivity index (χ0) is 15.4. The zero-order valence-corrected chi connectivity index (χ0v) is 12.4. The third kappa shape index (κ3) is 4.07. The predicted octanol–water partition coefficient (Wildman–Crippen LogP) is -0.168. The highest BCUT2D eigenvalue weighted by atomic mass is 16.2. The Kier molecular flexibility index (Phi) is 5.41. The van der Waals surface area contributed by atoms with Gasteiger partial charge in [0.25, 0.3) is 0 Å². The zero-order valence-electron chi connectivity index (χ0n) is 12.4. The van der Waals surface area contributed by atoms with Gasteiger partial charge in [-0.3, -0.25) is 4.79 Å². The van der Waals surface area contributed by atoms with Crippen LogP contribution in [0.15, 0.2) is 30.3 Å². The molecule has 1 aromatic rings. The van der Waals surface area contributed by atoms with Crippen molar-refractivity contribution in [1.29, 1.82) is 0 Å². The Morgan fingerprint density at radius 1 is 1.19 bits per heavy atom. The molecular formula is C13H21B2N3O3. The molecule has 3 N–H and O–H groups in total. The number of nitrogens with zero attached hydrogens (tertiary/aromatic N) is 2. The number of carbonyl (C=O) groups is 1. The lowest BCUT2D eigenvalue weighted by atomic mass is 9.78. The molecular weight excluding hydrogens is 268 g/mol. The molecule has 6 nitrogen and oxygen atoms in total. The van der Waals surface area contributed by atoms with Gasteiger partial charge in [0.15, 0.2) is 0 Å². The first kappa shape index (κ1) is 16.0. The highest BCUT2D eigenvalue weighted by Crippen LogP contribution is 2.15. The van der Waals surface area contributed by atoms with E-state index in [1.165, 1.54) is 0 Å². The molecule has 1 amide bonds. The van der Waals surface area contributed by atoms with Gasteiger partial charge in [0.1, 0.15) is 0 Å². The number of piperazine rings is 1. The summed E-state index contributed by atoms with van der Waals surface area (Å²) in [6, 6.07) is 8.73. The van der Waals surface area contributed by atoms with Gasteiger partial charge in [0.2, 0.25) is 5.91 Å². The van der Waals surface area contributed by atoms with Crippen molar-refractivity contribution in [2.45, 2.75) is 19.7 Å². The smallest absolute Gasteiger partial charge is 0.377 e. The van der Waals surface area contributed by atoms with Gasteiger partial charge in [0.05, 0.1) is 6.04 Å². The molecule has 0 aliphatic carbocycles. The van der Waals surface area contributed by atoms with Crippen LogP contribution in [0.25, 0.3) is 0 Å². The molecule has 2 rings (SSSR count). The minimum absolute atomic E-state index is 0.174. The number of para-hydroxylation sites is 1. The Morgan fingerprint density at radius 2 is 1.86 bits per heavy atom. The van der Waals surface area contributed by atoms with Crippen LogP contribution in [-0.2, 0) is 4.79 Å². The lowest BCUT2D eigenvalue weighted by molar-refractivity contribution is -0.121. The summed E-state index contributed by atoms with van der Waals surface area (Å²) in [7, 11) is -1.30. The Labute approximate surface area is 126 Å². The number of nitrogens with one attached hydrogen (secondary N) is 1. The molecule has 1 atom stereocenters. The highest BCUT2D eigenvalue weighted by Gasteiger charge is 2.37. The first-order valence-electron chi connectivity index (χ1n) is 7.21. The highest BCUT2D eigenvalue weighted by molar-refractivity contribution is 6.47. The summed E-state index contributed by atoms with van der Waals surface area (Å²) in [6.45, 7) is 4.89. The Hall–Kier alpha value is -1.34. The summed E-state index contributed by atoms with van der Waals surface area (Å²) in [5.41, 5.74) is 0.724. The maximum atomic E-state index is 12.5. The lowest BCUT2D eigenvalue weighted by Crippen LogP contribution is -2.63. The Morgan fingerprint density at radius 3 is 2.43 bits per heavy atom. The van der Waals surface area contributed by atoms with E-state index in [9.17, 15) is 14.8 Å². The van der Waals surface area contributed by atoms with E-state index >= 15 is 0 Å². The molecule has 0 radical (unpaired) electrons. The third-order valence-corrected chi connectivity index (χ3v) is 3.81. The van der Waals surface area contributed by atoms with E-state index < -0.39 is 20.1 Å². The van der Waals surface area contributed by atoms with Gasteiger partial charge in [-0.15, -0.1) is 0 Å². The number of anilines is 1. The van der Waals surface area contributed by atoms with Crippen LogP contribution in [-0.4, -0.2) is 65.4 Å². The third-order valence-electron chi connectivity index (χ3n) is 3.81. The molecule has 1 heterocycles. The normalized spacial score (nSPS) is 20.1. The van der Waals surface area contributed by atoms with Crippen LogP contribution >= 0.6 is 0 Å². The second-order valence-corrected chi connectivity index (χ2v) is 5.37. The molecule has 0 unspecified atom stereocenters. The largest absolute Gasteiger partial charge is 0.437 e. The molecule has 0 saturated carbocycles. The van der Waals surface area contributed by atoms with Crippen molar-refractivity contribution in [3.8, 4) is 0 Å². The number of benzene rings is 1. The Bertz CT molecular complexity index is 473. The molecule has 1 aliphatic heterocycles. The van der Waals surface area contributed by atoms with Crippen molar-refractivity contribution in [2.75, 3.05) is 25.0 Å².